The van der Waals surface area contributed by atoms with Crippen LogP contribution in [0.25, 0.3) is 0 Å². The first kappa shape index (κ1) is 14.5. The van der Waals surface area contributed by atoms with Crippen molar-refractivity contribution in [3.05, 3.63) is 27.7 Å². The summed E-state index contributed by atoms with van der Waals surface area (Å²) in [6.45, 7) is 4.28. The van der Waals surface area contributed by atoms with Crippen molar-refractivity contribution >= 4 is 31.6 Å². The molecule has 0 atom stereocenters. The molecule has 0 saturated carbocycles. The van der Waals surface area contributed by atoms with Crippen molar-refractivity contribution in [1.82, 2.24) is 5.32 Å². The molecule has 1 aromatic rings. The van der Waals surface area contributed by atoms with E-state index in [2.05, 4.69) is 26.0 Å². The van der Waals surface area contributed by atoms with Crippen molar-refractivity contribution in [2.75, 3.05) is 24.1 Å². The molecular formula is C11H17BrN2O2S. The standard InChI is InChI=1S/C11H17BrN2O2S/c1-8-6-9(2)11(10(12)7-8)14-17(15,16)5-4-13-3/h6-7,13-14H,4-5H2,1-3H3. The molecule has 96 valence electrons. The Morgan fingerprint density at radius 1 is 1.29 bits per heavy atom. The van der Waals surface area contributed by atoms with Gasteiger partial charge in [-0.2, -0.15) is 0 Å². The van der Waals surface area contributed by atoms with E-state index in [1.54, 1.807) is 7.05 Å². The largest absolute Gasteiger partial charge is 0.319 e. The van der Waals surface area contributed by atoms with E-state index in [0.717, 1.165) is 15.6 Å². The smallest absolute Gasteiger partial charge is 0.234 e. The van der Waals surface area contributed by atoms with Crippen LogP contribution in [0.15, 0.2) is 16.6 Å². The fraction of sp³-hybridized carbons (Fsp3) is 0.455. The SMILES string of the molecule is CNCCS(=O)(=O)Nc1c(C)cc(C)cc1Br. The topological polar surface area (TPSA) is 58.2 Å². The van der Waals surface area contributed by atoms with E-state index in [1.165, 1.54) is 0 Å². The normalized spacial score (nSPS) is 11.5. The third kappa shape index (κ3) is 4.29. The van der Waals surface area contributed by atoms with Gasteiger partial charge in [0.1, 0.15) is 0 Å². The molecule has 0 bridgehead atoms. The summed E-state index contributed by atoms with van der Waals surface area (Å²) in [7, 11) is -1.57. The number of hydrogen-bond acceptors (Lipinski definition) is 3. The number of halogens is 1. The molecule has 0 aliphatic carbocycles. The quantitative estimate of drug-likeness (QED) is 0.872. The lowest BCUT2D eigenvalue weighted by molar-refractivity contribution is 0.598. The number of rotatable bonds is 5. The minimum Gasteiger partial charge on any atom is -0.319 e. The van der Waals surface area contributed by atoms with Gasteiger partial charge in [-0.1, -0.05) is 6.07 Å². The van der Waals surface area contributed by atoms with Crippen LogP contribution < -0.4 is 10.0 Å². The summed E-state index contributed by atoms with van der Waals surface area (Å²) in [5.41, 5.74) is 2.61. The van der Waals surface area contributed by atoms with Crippen LogP contribution in [0.3, 0.4) is 0 Å². The van der Waals surface area contributed by atoms with Crippen LogP contribution in [0.5, 0.6) is 0 Å². The van der Waals surface area contributed by atoms with E-state index in [-0.39, 0.29) is 5.75 Å². The molecule has 17 heavy (non-hydrogen) atoms. The Labute approximate surface area is 111 Å². The number of benzene rings is 1. The predicted octanol–water partition coefficient (Wildman–Crippen LogP) is 2.03. The highest BCUT2D eigenvalue weighted by Crippen LogP contribution is 2.28. The maximum atomic E-state index is 11.8. The molecule has 1 aromatic carbocycles. The van der Waals surface area contributed by atoms with Crippen LogP contribution in [-0.2, 0) is 10.0 Å². The van der Waals surface area contributed by atoms with Gasteiger partial charge in [0.2, 0.25) is 10.0 Å². The molecule has 0 saturated heterocycles. The second-order valence-corrected chi connectivity index (χ2v) is 6.66. The highest BCUT2D eigenvalue weighted by Gasteiger charge is 2.13. The van der Waals surface area contributed by atoms with Gasteiger partial charge in [-0.25, -0.2) is 8.42 Å². The summed E-state index contributed by atoms with van der Waals surface area (Å²) in [4.78, 5) is 0. The van der Waals surface area contributed by atoms with Gasteiger partial charge >= 0.3 is 0 Å². The number of sulfonamides is 1. The first-order valence-electron chi connectivity index (χ1n) is 5.27. The predicted molar refractivity (Wildman–Crippen MR) is 75.0 cm³/mol. The maximum Gasteiger partial charge on any atom is 0.234 e. The molecule has 0 aromatic heterocycles. The molecule has 0 unspecified atom stereocenters. The first-order chi connectivity index (χ1) is 7.85. The number of hydrogen-bond donors (Lipinski definition) is 2. The number of anilines is 1. The molecular weight excluding hydrogens is 304 g/mol. The molecule has 2 N–H and O–H groups in total. The molecule has 0 fully saturated rings. The zero-order valence-corrected chi connectivity index (χ0v) is 12.6. The third-order valence-corrected chi connectivity index (χ3v) is 4.19. The van der Waals surface area contributed by atoms with Crippen molar-refractivity contribution in [3.8, 4) is 0 Å². The lowest BCUT2D eigenvalue weighted by atomic mass is 10.1. The summed E-state index contributed by atoms with van der Waals surface area (Å²) in [5.74, 6) is 0.0588. The van der Waals surface area contributed by atoms with Crippen LogP contribution in [0, 0.1) is 13.8 Å². The van der Waals surface area contributed by atoms with Gasteiger partial charge < -0.3 is 5.32 Å². The molecule has 0 radical (unpaired) electrons. The Kier molecular flexibility index (Phi) is 4.97. The highest BCUT2D eigenvalue weighted by atomic mass is 79.9. The van der Waals surface area contributed by atoms with Gasteiger partial charge in [0, 0.05) is 11.0 Å². The summed E-state index contributed by atoms with van der Waals surface area (Å²) in [6, 6.07) is 3.84. The second kappa shape index (κ2) is 5.84. The minimum atomic E-state index is -3.30. The molecule has 4 nitrogen and oxygen atoms in total. The van der Waals surface area contributed by atoms with E-state index in [9.17, 15) is 8.42 Å². The van der Waals surface area contributed by atoms with Gasteiger partial charge in [-0.05, 0) is 54.0 Å². The van der Waals surface area contributed by atoms with Crippen molar-refractivity contribution in [2.45, 2.75) is 13.8 Å². The maximum absolute atomic E-state index is 11.8. The summed E-state index contributed by atoms with van der Waals surface area (Å²) < 4.78 is 26.9. The highest BCUT2D eigenvalue weighted by molar-refractivity contribution is 9.10. The third-order valence-electron chi connectivity index (χ3n) is 2.31. The van der Waals surface area contributed by atoms with Gasteiger partial charge in [0.15, 0.2) is 0 Å². The number of nitrogens with one attached hydrogen (secondary N) is 2. The molecule has 6 heteroatoms. The zero-order valence-electron chi connectivity index (χ0n) is 10.2. The molecule has 0 aliphatic heterocycles. The van der Waals surface area contributed by atoms with Crippen molar-refractivity contribution in [3.63, 3.8) is 0 Å². The lowest BCUT2D eigenvalue weighted by Gasteiger charge is -2.13. The van der Waals surface area contributed by atoms with Crippen LogP contribution in [0.2, 0.25) is 0 Å². The average molecular weight is 321 g/mol. The fourth-order valence-electron chi connectivity index (χ4n) is 1.49. The second-order valence-electron chi connectivity index (χ2n) is 3.96. The van der Waals surface area contributed by atoms with Crippen LogP contribution in [0.4, 0.5) is 5.69 Å². The fourth-order valence-corrected chi connectivity index (χ4v) is 3.55. The van der Waals surface area contributed by atoms with Gasteiger partial charge in [-0.15, -0.1) is 0 Å². The Balaban J connectivity index is 2.96. The molecule has 0 spiro atoms. The van der Waals surface area contributed by atoms with Crippen LogP contribution in [-0.4, -0.2) is 27.8 Å². The van der Waals surface area contributed by atoms with Crippen LogP contribution in [0.1, 0.15) is 11.1 Å². The van der Waals surface area contributed by atoms with E-state index in [4.69, 9.17) is 0 Å². The van der Waals surface area contributed by atoms with Crippen molar-refractivity contribution < 1.29 is 8.42 Å². The minimum absolute atomic E-state index is 0.0588. The Bertz CT molecular complexity index is 477. The summed E-state index contributed by atoms with van der Waals surface area (Å²) in [5, 5.41) is 2.82. The van der Waals surface area contributed by atoms with E-state index >= 15 is 0 Å². The Morgan fingerprint density at radius 3 is 2.47 bits per heavy atom. The average Bonchev–Trinajstić information content (AvgIpc) is 2.21. The molecule has 0 aliphatic rings. The summed E-state index contributed by atoms with van der Waals surface area (Å²) >= 11 is 3.38. The van der Waals surface area contributed by atoms with Crippen molar-refractivity contribution in [2.24, 2.45) is 0 Å². The van der Waals surface area contributed by atoms with E-state index < -0.39 is 10.0 Å². The first-order valence-corrected chi connectivity index (χ1v) is 7.72. The molecule has 0 amide bonds. The monoisotopic (exact) mass is 320 g/mol. The van der Waals surface area contributed by atoms with E-state index in [1.807, 2.05) is 26.0 Å². The summed E-state index contributed by atoms with van der Waals surface area (Å²) in [6.07, 6.45) is 0. The Hall–Kier alpha value is -0.590. The van der Waals surface area contributed by atoms with Gasteiger partial charge in [0.05, 0.1) is 11.4 Å². The van der Waals surface area contributed by atoms with Gasteiger partial charge in [0.25, 0.3) is 0 Å². The van der Waals surface area contributed by atoms with Gasteiger partial charge in [-0.3, -0.25) is 4.72 Å². The molecule has 0 heterocycles. The zero-order chi connectivity index (χ0) is 13.1. The Morgan fingerprint density at radius 2 is 1.94 bits per heavy atom. The molecule has 1 rings (SSSR count). The lowest BCUT2D eigenvalue weighted by Crippen LogP contribution is -2.25. The van der Waals surface area contributed by atoms with Crippen LogP contribution >= 0.6 is 15.9 Å². The van der Waals surface area contributed by atoms with Crippen molar-refractivity contribution in [1.29, 1.82) is 0 Å². The number of aryl methyl sites for hydroxylation is 2. The van der Waals surface area contributed by atoms with E-state index in [0.29, 0.717) is 12.2 Å².